The average molecular weight is 409 g/mol. The van der Waals surface area contributed by atoms with Gasteiger partial charge in [0.1, 0.15) is 11.5 Å². The van der Waals surface area contributed by atoms with Crippen molar-refractivity contribution in [2.24, 2.45) is 0 Å². The largest absolute Gasteiger partial charge is 0.353 e. The molecule has 0 aliphatic carbocycles. The minimum atomic E-state index is -0.234. The number of aromatic nitrogens is 4. The number of rotatable bonds is 3. The Labute approximate surface area is 178 Å². The molecule has 0 fully saturated rings. The third-order valence-electron chi connectivity index (χ3n) is 5.91. The van der Waals surface area contributed by atoms with Crippen LogP contribution >= 0.6 is 0 Å². The summed E-state index contributed by atoms with van der Waals surface area (Å²) < 4.78 is 13.4. The number of hydrogen-bond acceptors (Lipinski definition) is 3. The van der Waals surface area contributed by atoms with Crippen LogP contribution in [-0.2, 0) is 0 Å². The molecule has 4 heterocycles. The van der Waals surface area contributed by atoms with E-state index in [9.17, 15) is 4.39 Å². The van der Waals surface area contributed by atoms with Gasteiger partial charge in [-0.05, 0) is 60.0 Å². The van der Waals surface area contributed by atoms with Gasteiger partial charge in [0.25, 0.3) is 0 Å². The number of nitrogens with zero attached hydrogens (tertiary/aromatic N) is 2. The molecule has 5 nitrogen and oxygen atoms in total. The lowest BCUT2D eigenvalue weighted by Crippen LogP contribution is -2.20. The minimum Gasteiger partial charge on any atom is -0.353 e. The highest BCUT2D eigenvalue weighted by atomic mass is 19.1. The maximum Gasteiger partial charge on any atom is 0.123 e. The molecule has 0 atom stereocenters. The molecule has 5 aromatic rings. The molecule has 152 valence electrons. The van der Waals surface area contributed by atoms with Gasteiger partial charge in [-0.2, -0.15) is 5.10 Å². The van der Waals surface area contributed by atoms with Crippen LogP contribution in [0.2, 0.25) is 0 Å². The topological polar surface area (TPSA) is 69.4 Å². The van der Waals surface area contributed by atoms with E-state index in [4.69, 9.17) is 0 Å². The minimum absolute atomic E-state index is 0.234. The molecule has 1 aliphatic heterocycles. The Balaban J connectivity index is 1.48. The summed E-state index contributed by atoms with van der Waals surface area (Å²) in [5, 5.41) is 13.2. The van der Waals surface area contributed by atoms with Crippen molar-refractivity contribution in [3.63, 3.8) is 0 Å². The molecule has 0 saturated heterocycles. The molecule has 6 rings (SSSR count). The molecule has 6 heteroatoms. The molecule has 3 N–H and O–H groups in total. The number of H-pyrrole nitrogens is 2. The summed E-state index contributed by atoms with van der Waals surface area (Å²) >= 11 is 0. The van der Waals surface area contributed by atoms with E-state index >= 15 is 0 Å². The molecule has 0 spiro atoms. The first-order chi connectivity index (χ1) is 15.3. The van der Waals surface area contributed by atoms with E-state index in [1.54, 1.807) is 0 Å². The summed E-state index contributed by atoms with van der Waals surface area (Å²) in [5.74, 6) is -0.234. The Kier molecular flexibility index (Phi) is 4.18. The van der Waals surface area contributed by atoms with Crippen molar-refractivity contribution in [3.8, 4) is 22.5 Å². The van der Waals surface area contributed by atoms with Gasteiger partial charge in [-0.3, -0.25) is 10.1 Å². The van der Waals surface area contributed by atoms with Crippen molar-refractivity contribution in [3.05, 3.63) is 78.4 Å². The molecule has 0 radical (unpaired) electrons. The van der Waals surface area contributed by atoms with Gasteiger partial charge in [-0.1, -0.05) is 30.3 Å². The highest BCUT2D eigenvalue weighted by molar-refractivity contribution is 6.01. The molecule has 0 bridgehead atoms. The normalized spacial score (nSPS) is 14.3. The van der Waals surface area contributed by atoms with Crippen LogP contribution < -0.4 is 5.32 Å². The Morgan fingerprint density at radius 2 is 1.84 bits per heavy atom. The molecule has 0 amide bonds. The van der Waals surface area contributed by atoms with Crippen LogP contribution in [0.4, 0.5) is 4.39 Å². The number of halogens is 1. The predicted molar refractivity (Wildman–Crippen MR) is 122 cm³/mol. The maximum atomic E-state index is 13.4. The smallest absolute Gasteiger partial charge is 0.123 e. The molecule has 0 saturated carbocycles. The van der Waals surface area contributed by atoms with Gasteiger partial charge in [0.05, 0.1) is 23.1 Å². The molecular weight excluding hydrogens is 389 g/mol. The summed E-state index contributed by atoms with van der Waals surface area (Å²) in [6.07, 6.45) is 5.03. The van der Waals surface area contributed by atoms with Gasteiger partial charge in [-0.25, -0.2) is 4.39 Å². The second-order valence-corrected chi connectivity index (χ2v) is 7.83. The monoisotopic (exact) mass is 409 g/mol. The standard InChI is InChI=1S/C25H20FN5/c26-17-6-4-15(5-7-17)18-2-1-3-21-19(18)12-23(29-21)25-20-13-22(16-8-10-27-11-9-16)28-14-24(20)30-31-25/h1-8,12-14,27,29H,9-11H2,(H,30,31). The third kappa shape index (κ3) is 3.12. The van der Waals surface area contributed by atoms with Crippen LogP contribution in [0.1, 0.15) is 12.1 Å². The Morgan fingerprint density at radius 1 is 0.935 bits per heavy atom. The zero-order chi connectivity index (χ0) is 20.8. The lowest BCUT2D eigenvalue weighted by molar-refractivity contribution is 0.628. The van der Waals surface area contributed by atoms with E-state index in [1.165, 1.54) is 17.7 Å². The number of nitrogens with one attached hydrogen (secondary N) is 3. The Morgan fingerprint density at radius 3 is 2.68 bits per heavy atom. The Hall–Kier alpha value is -3.77. The van der Waals surface area contributed by atoms with Crippen LogP contribution in [-0.4, -0.2) is 33.3 Å². The average Bonchev–Trinajstić information content (AvgIpc) is 3.43. The van der Waals surface area contributed by atoms with Gasteiger partial charge in [0.15, 0.2) is 0 Å². The predicted octanol–water partition coefficient (Wildman–Crippen LogP) is 5.29. The molecule has 1 aliphatic rings. The number of fused-ring (bicyclic) bond motifs is 2. The SMILES string of the molecule is Fc1ccc(-c2cccc3[nH]c(-c4n[nH]c5cnc(C6=CCNCC6)cc45)cc23)cc1. The Bertz CT molecular complexity index is 1440. The second-order valence-electron chi connectivity index (χ2n) is 7.83. The van der Waals surface area contributed by atoms with Crippen molar-refractivity contribution in [1.82, 2.24) is 25.5 Å². The highest BCUT2D eigenvalue weighted by Crippen LogP contribution is 2.34. The molecule has 3 aromatic heterocycles. The van der Waals surface area contributed by atoms with Gasteiger partial charge >= 0.3 is 0 Å². The summed E-state index contributed by atoms with van der Waals surface area (Å²) in [7, 11) is 0. The van der Waals surface area contributed by atoms with E-state index in [2.05, 4.69) is 49.8 Å². The zero-order valence-electron chi connectivity index (χ0n) is 16.7. The molecule has 2 aromatic carbocycles. The highest BCUT2D eigenvalue weighted by Gasteiger charge is 2.16. The quantitative estimate of drug-likeness (QED) is 0.379. The number of hydrogen-bond donors (Lipinski definition) is 3. The van der Waals surface area contributed by atoms with Crippen LogP contribution in [0.15, 0.2) is 66.9 Å². The van der Waals surface area contributed by atoms with Crippen LogP contribution in [0, 0.1) is 5.82 Å². The first-order valence-corrected chi connectivity index (χ1v) is 10.4. The molecular formula is C25H20FN5. The zero-order valence-corrected chi connectivity index (χ0v) is 16.7. The fraction of sp³-hybridized carbons (Fsp3) is 0.120. The summed E-state index contributed by atoms with van der Waals surface area (Å²) in [4.78, 5) is 8.14. The van der Waals surface area contributed by atoms with E-state index in [0.717, 1.165) is 69.5 Å². The van der Waals surface area contributed by atoms with E-state index in [0.29, 0.717) is 0 Å². The van der Waals surface area contributed by atoms with E-state index in [1.807, 2.05) is 30.5 Å². The van der Waals surface area contributed by atoms with Crippen molar-refractivity contribution in [2.45, 2.75) is 6.42 Å². The van der Waals surface area contributed by atoms with E-state index < -0.39 is 0 Å². The first kappa shape index (κ1) is 18.0. The van der Waals surface area contributed by atoms with Crippen molar-refractivity contribution < 1.29 is 4.39 Å². The van der Waals surface area contributed by atoms with Crippen LogP contribution in [0.3, 0.4) is 0 Å². The fourth-order valence-electron chi connectivity index (χ4n) is 4.32. The van der Waals surface area contributed by atoms with Crippen molar-refractivity contribution in [1.29, 1.82) is 0 Å². The van der Waals surface area contributed by atoms with Crippen molar-refractivity contribution >= 4 is 27.4 Å². The summed E-state index contributed by atoms with van der Waals surface area (Å²) in [5.41, 5.74) is 8.04. The lowest BCUT2D eigenvalue weighted by Gasteiger charge is -2.13. The fourth-order valence-corrected chi connectivity index (χ4v) is 4.32. The number of benzene rings is 2. The van der Waals surface area contributed by atoms with Gasteiger partial charge < -0.3 is 10.3 Å². The maximum absolute atomic E-state index is 13.4. The summed E-state index contributed by atoms with van der Waals surface area (Å²) in [6.45, 7) is 1.85. The van der Waals surface area contributed by atoms with Gasteiger partial charge in [0, 0.05) is 22.8 Å². The van der Waals surface area contributed by atoms with E-state index in [-0.39, 0.29) is 5.82 Å². The number of aromatic amines is 2. The van der Waals surface area contributed by atoms with Gasteiger partial charge in [0.2, 0.25) is 0 Å². The second kappa shape index (κ2) is 7.18. The third-order valence-corrected chi connectivity index (χ3v) is 5.91. The van der Waals surface area contributed by atoms with Crippen molar-refractivity contribution in [2.75, 3.05) is 13.1 Å². The number of pyridine rings is 1. The summed E-state index contributed by atoms with van der Waals surface area (Å²) in [6, 6.07) is 17.0. The molecule has 31 heavy (non-hydrogen) atoms. The first-order valence-electron chi connectivity index (χ1n) is 10.4. The van der Waals surface area contributed by atoms with Crippen LogP contribution in [0.25, 0.3) is 49.9 Å². The molecule has 0 unspecified atom stereocenters. The van der Waals surface area contributed by atoms with Crippen LogP contribution in [0.5, 0.6) is 0 Å². The van der Waals surface area contributed by atoms with Gasteiger partial charge in [-0.15, -0.1) is 0 Å². The lowest BCUT2D eigenvalue weighted by atomic mass is 10.0.